The van der Waals surface area contributed by atoms with Crippen LogP contribution in [0.5, 0.6) is 0 Å². The van der Waals surface area contributed by atoms with Crippen LogP contribution in [0.25, 0.3) is 0 Å². The van der Waals surface area contributed by atoms with Gasteiger partial charge in [0.15, 0.2) is 0 Å². The highest BCUT2D eigenvalue weighted by Crippen LogP contribution is 2.31. The van der Waals surface area contributed by atoms with Crippen molar-refractivity contribution in [2.45, 2.75) is 72.5 Å². The lowest BCUT2D eigenvalue weighted by Crippen LogP contribution is -2.34. The van der Waals surface area contributed by atoms with Gasteiger partial charge in [-0.1, -0.05) is 19.9 Å². The first-order valence-electron chi connectivity index (χ1n) is 8.34. The molecular weight excluding hydrogens is 304 g/mol. The van der Waals surface area contributed by atoms with Crippen molar-refractivity contribution in [2.24, 2.45) is 5.41 Å². The summed E-state index contributed by atoms with van der Waals surface area (Å²) in [4.78, 5) is 18.2. The molecule has 1 rings (SSSR count). The van der Waals surface area contributed by atoms with Gasteiger partial charge in [0.2, 0.25) is 0 Å². The predicted octanol–water partition coefficient (Wildman–Crippen LogP) is 4.18. The Morgan fingerprint density at radius 1 is 1.17 bits per heavy atom. The van der Waals surface area contributed by atoms with Crippen molar-refractivity contribution < 1.29 is 14.6 Å². The molecule has 0 saturated heterocycles. The molecule has 0 atom stereocenters. The van der Waals surface area contributed by atoms with Crippen LogP contribution in [0, 0.1) is 5.41 Å². The summed E-state index contributed by atoms with van der Waals surface area (Å²) < 4.78 is 5.37. The molecule has 0 radical (unpaired) electrons. The maximum Gasteiger partial charge on any atom is 0.415 e. The van der Waals surface area contributed by atoms with Crippen LogP contribution < -0.4 is 4.90 Å². The molecule has 0 aromatic carbocycles. The average Bonchev–Trinajstić information content (AvgIpc) is 2.32. The molecule has 1 aromatic rings. The van der Waals surface area contributed by atoms with Crippen molar-refractivity contribution in [3.63, 3.8) is 0 Å². The van der Waals surface area contributed by atoms with Crippen molar-refractivity contribution in [1.29, 1.82) is 0 Å². The first-order valence-corrected chi connectivity index (χ1v) is 8.34. The van der Waals surface area contributed by atoms with Gasteiger partial charge in [0.05, 0.1) is 5.60 Å². The van der Waals surface area contributed by atoms with Crippen molar-refractivity contribution in [3.05, 3.63) is 23.9 Å². The topological polar surface area (TPSA) is 62.7 Å². The smallest absolute Gasteiger partial charge is 0.415 e. The van der Waals surface area contributed by atoms with Crippen molar-refractivity contribution in [2.75, 3.05) is 11.9 Å². The fraction of sp³-hybridized carbons (Fsp3) is 0.684. The molecule has 0 unspecified atom stereocenters. The third-order valence-corrected chi connectivity index (χ3v) is 3.37. The van der Waals surface area contributed by atoms with Gasteiger partial charge in [0, 0.05) is 12.7 Å². The van der Waals surface area contributed by atoms with Gasteiger partial charge < -0.3 is 9.84 Å². The summed E-state index contributed by atoms with van der Waals surface area (Å²) in [5, 5.41) is 10.1. The van der Waals surface area contributed by atoms with E-state index in [-0.39, 0.29) is 5.41 Å². The molecule has 24 heavy (non-hydrogen) atoms. The fourth-order valence-electron chi connectivity index (χ4n) is 2.90. The van der Waals surface area contributed by atoms with E-state index in [1.807, 2.05) is 46.8 Å². The van der Waals surface area contributed by atoms with Gasteiger partial charge in [0.25, 0.3) is 0 Å². The molecule has 1 amide bonds. The second-order valence-electron chi connectivity index (χ2n) is 8.86. The number of aromatic nitrogens is 1. The lowest BCUT2D eigenvalue weighted by Gasteiger charge is -2.31. The van der Waals surface area contributed by atoms with Gasteiger partial charge in [-0.3, -0.25) is 4.90 Å². The third-order valence-electron chi connectivity index (χ3n) is 3.37. The van der Waals surface area contributed by atoms with Crippen molar-refractivity contribution >= 4 is 11.9 Å². The zero-order chi connectivity index (χ0) is 18.8. The van der Waals surface area contributed by atoms with Crippen LogP contribution in [-0.2, 0) is 11.2 Å². The number of hydrogen-bond donors (Lipinski definition) is 1. The molecule has 0 fully saturated rings. The van der Waals surface area contributed by atoms with Crippen LogP contribution in [0.4, 0.5) is 10.6 Å². The average molecular weight is 336 g/mol. The van der Waals surface area contributed by atoms with Crippen LogP contribution in [0.1, 0.15) is 60.6 Å². The molecule has 1 heterocycles. The van der Waals surface area contributed by atoms with Crippen LogP contribution in [0.2, 0.25) is 0 Å². The predicted molar refractivity (Wildman–Crippen MR) is 97.3 cm³/mol. The highest BCUT2D eigenvalue weighted by molar-refractivity contribution is 5.85. The fourth-order valence-corrected chi connectivity index (χ4v) is 2.90. The number of ether oxygens (including phenoxy) is 1. The Kier molecular flexibility index (Phi) is 6.04. The monoisotopic (exact) mass is 336 g/mol. The highest BCUT2D eigenvalue weighted by atomic mass is 16.6. The molecule has 5 nitrogen and oxygen atoms in total. The van der Waals surface area contributed by atoms with Gasteiger partial charge in [-0.2, -0.15) is 0 Å². The maximum absolute atomic E-state index is 12.2. The number of pyridine rings is 1. The van der Waals surface area contributed by atoms with E-state index in [9.17, 15) is 9.90 Å². The molecule has 0 saturated carbocycles. The van der Waals surface area contributed by atoms with Gasteiger partial charge in [-0.05, 0) is 65.0 Å². The van der Waals surface area contributed by atoms with E-state index in [4.69, 9.17) is 4.74 Å². The minimum absolute atomic E-state index is 0.103. The molecule has 1 N–H and O–H groups in total. The Bertz CT molecular complexity index is 569. The Hall–Kier alpha value is -1.62. The molecule has 5 heteroatoms. The largest absolute Gasteiger partial charge is 0.443 e. The van der Waals surface area contributed by atoms with Crippen LogP contribution in [0.15, 0.2) is 18.2 Å². The Balaban J connectivity index is 2.89. The number of aliphatic hydroxyl groups is 1. The first-order chi connectivity index (χ1) is 10.7. The molecule has 0 bridgehead atoms. The van der Waals surface area contributed by atoms with E-state index < -0.39 is 17.3 Å². The van der Waals surface area contributed by atoms with E-state index >= 15 is 0 Å². The van der Waals surface area contributed by atoms with E-state index in [1.54, 1.807) is 13.1 Å². The van der Waals surface area contributed by atoms with Crippen LogP contribution in [-0.4, -0.2) is 34.4 Å². The summed E-state index contributed by atoms with van der Waals surface area (Å²) in [6.07, 6.45) is 0.948. The first kappa shape index (κ1) is 20.4. The quantitative estimate of drug-likeness (QED) is 0.876. The van der Waals surface area contributed by atoms with E-state index in [1.165, 1.54) is 4.90 Å². The molecule has 136 valence electrons. The van der Waals surface area contributed by atoms with E-state index in [0.717, 1.165) is 5.69 Å². The SMILES string of the molecule is CN(C(=O)OC(C)(C)C)c1cccc(CC(C)(C)CC(C)(C)O)n1. The standard InChI is InChI=1S/C19H32N2O3/c1-17(2,3)24-16(22)21(8)15-11-9-10-14(20-15)12-18(4,5)13-19(6,7)23/h9-11,23H,12-13H2,1-8H3. The molecule has 0 aliphatic rings. The zero-order valence-electron chi connectivity index (χ0n) is 16.3. The molecular formula is C19H32N2O3. The second kappa shape index (κ2) is 7.09. The molecule has 0 spiro atoms. The maximum atomic E-state index is 12.2. The number of carbonyl (C=O) groups is 1. The zero-order valence-corrected chi connectivity index (χ0v) is 16.3. The highest BCUT2D eigenvalue weighted by Gasteiger charge is 2.28. The van der Waals surface area contributed by atoms with E-state index in [2.05, 4.69) is 18.8 Å². The number of anilines is 1. The molecule has 0 aliphatic carbocycles. The number of nitrogens with zero attached hydrogens (tertiary/aromatic N) is 2. The summed E-state index contributed by atoms with van der Waals surface area (Å²) in [5.41, 5.74) is -0.488. The lowest BCUT2D eigenvalue weighted by atomic mass is 9.78. The third kappa shape index (κ3) is 7.30. The Morgan fingerprint density at radius 2 is 1.75 bits per heavy atom. The van der Waals surface area contributed by atoms with Gasteiger partial charge >= 0.3 is 6.09 Å². The lowest BCUT2D eigenvalue weighted by molar-refractivity contribution is 0.0317. The molecule has 1 aromatic heterocycles. The number of hydrogen-bond acceptors (Lipinski definition) is 4. The van der Waals surface area contributed by atoms with Gasteiger partial charge in [0.1, 0.15) is 11.4 Å². The minimum Gasteiger partial charge on any atom is -0.443 e. The number of carbonyl (C=O) groups excluding carboxylic acids is 1. The minimum atomic E-state index is -0.728. The summed E-state index contributed by atoms with van der Waals surface area (Å²) >= 11 is 0. The number of amides is 1. The van der Waals surface area contributed by atoms with Crippen molar-refractivity contribution in [3.8, 4) is 0 Å². The Morgan fingerprint density at radius 3 is 2.25 bits per heavy atom. The number of rotatable bonds is 5. The Labute approximate surface area is 146 Å². The summed E-state index contributed by atoms with van der Waals surface area (Å²) in [5.74, 6) is 0.556. The summed E-state index contributed by atoms with van der Waals surface area (Å²) in [7, 11) is 1.65. The van der Waals surface area contributed by atoms with Crippen LogP contribution >= 0.6 is 0 Å². The summed E-state index contributed by atoms with van der Waals surface area (Å²) in [6, 6.07) is 5.62. The second-order valence-corrected chi connectivity index (χ2v) is 8.86. The van der Waals surface area contributed by atoms with Crippen molar-refractivity contribution in [1.82, 2.24) is 4.98 Å². The van der Waals surface area contributed by atoms with Gasteiger partial charge in [-0.25, -0.2) is 9.78 Å². The van der Waals surface area contributed by atoms with Gasteiger partial charge in [-0.15, -0.1) is 0 Å². The van der Waals surface area contributed by atoms with E-state index in [0.29, 0.717) is 18.7 Å². The normalized spacial score (nSPS) is 12.9. The molecule has 0 aliphatic heterocycles. The van der Waals surface area contributed by atoms with Crippen LogP contribution in [0.3, 0.4) is 0 Å². The summed E-state index contributed by atoms with van der Waals surface area (Å²) in [6.45, 7) is 13.4.